The van der Waals surface area contributed by atoms with Gasteiger partial charge in [0.2, 0.25) is 10.0 Å². The minimum absolute atomic E-state index is 0.0604. The van der Waals surface area contributed by atoms with Crippen molar-refractivity contribution in [3.05, 3.63) is 17.3 Å². The van der Waals surface area contributed by atoms with Crippen molar-refractivity contribution in [1.82, 2.24) is 9.29 Å². The van der Waals surface area contributed by atoms with Gasteiger partial charge in [0.15, 0.2) is 0 Å². The van der Waals surface area contributed by atoms with E-state index >= 15 is 0 Å². The largest absolute Gasteiger partial charge is 0.382 e. The molecule has 0 radical (unpaired) electrons. The number of nitrogen functional groups attached to an aromatic ring is 1. The predicted molar refractivity (Wildman–Crippen MR) is 81.1 cm³/mol. The van der Waals surface area contributed by atoms with E-state index in [9.17, 15) is 8.42 Å². The smallest absolute Gasteiger partial charge is 0.244 e. The number of pyridine rings is 1. The molecule has 1 rings (SSSR count). The molecule has 0 saturated carbocycles. The highest BCUT2D eigenvalue weighted by Gasteiger charge is 2.26. The van der Waals surface area contributed by atoms with Gasteiger partial charge < -0.3 is 5.73 Å². The van der Waals surface area contributed by atoms with Crippen LogP contribution >= 0.6 is 23.4 Å². The van der Waals surface area contributed by atoms with E-state index < -0.39 is 10.0 Å². The summed E-state index contributed by atoms with van der Waals surface area (Å²) in [4.78, 5) is 3.85. The lowest BCUT2D eigenvalue weighted by atomic mass is 10.3. The third-order valence-electron chi connectivity index (χ3n) is 2.88. The zero-order valence-corrected chi connectivity index (χ0v) is 13.5. The Bertz CT molecular complexity index is 537. The number of hydrogen-bond acceptors (Lipinski definition) is 5. The lowest BCUT2D eigenvalue weighted by Crippen LogP contribution is -2.35. The number of hydrogen-bond donors (Lipinski definition) is 1. The first-order valence-electron chi connectivity index (χ1n) is 5.68. The van der Waals surface area contributed by atoms with Crippen LogP contribution in [0.1, 0.15) is 13.3 Å². The maximum absolute atomic E-state index is 12.4. The molecule has 1 unspecified atom stereocenters. The maximum atomic E-state index is 12.4. The van der Waals surface area contributed by atoms with Gasteiger partial charge in [0.05, 0.1) is 5.02 Å². The Labute approximate surface area is 123 Å². The number of sulfonamides is 1. The van der Waals surface area contributed by atoms with Crippen LogP contribution in [0.25, 0.3) is 0 Å². The Morgan fingerprint density at radius 3 is 2.74 bits per heavy atom. The van der Waals surface area contributed by atoms with Crippen LogP contribution in [0.4, 0.5) is 5.82 Å². The molecule has 5 nitrogen and oxygen atoms in total. The molecule has 0 aliphatic rings. The number of aromatic nitrogens is 1. The highest BCUT2D eigenvalue weighted by atomic mass is 35.5. The van der Waals surface area contributed by atoms with Crippen molar-refractivity contribution < 1.29 is 8.42 Å². The van der Waals surface area contributed by atoms with Gasteiger partial charge in [0.1, 0.15) is 10.7 Å². The van der Waals surface area contributed by atoms with Crippen LogP contribution in [-0.2, 0) is 10.0 Å². The lowest BCUT2D eigenvalue weighted by molar-refractivity contribution is 0.382. The average Bonchev–Trinajstić information content (AvgIpc) is 2.37. The number of anilines is 1. The Morgan fingerprint density at radius 1 is 1.58 bits per heavy atom. The Morgan fingerprint density at radius 2 is 2.21 bits per heavy atom. The third kappa shape index (κ3) is 3.98. The van der Waals surface area contributed by atoms with Crippen LogP contribution in [-0.4, -0.2) is 42.8 Å². The molecule has 0 aromatic carbocycles. The Kier molecular flexibility index (Phi) is 5.91. The summed E-state index contributed by atoms with van der Waals surface area (Å²) in [7, 11) is -2.03. The van der Waals surface area contributed by atoms with Crippen molar-refractivity contribution in [2.75, 3.05) is 24.8 Å². The molecule has 0 saturated heterocycles. The first-order chi connectivity index (χ1) is 8.80. The molecule has 8 heteroatoms. The van der Waals surface area contributed by atoms with E-state index in [1.807, 2.05) is 13.2 Å². The van der Waals surface area contributed by atoms with Crippen molar-refractivity contribution in [3.63, 3.8) is 0 Å². The van der Waals surface area contributed by atoms with Crippen molar-refractivity contribution in [1.29, 1.82) is 0 Å². The van der Waals surface area contributed by atoms with Crippen LogP contribution in [0.3, 0.4) is 0 Å². The van der Waals surface area contributed by atoms with Crippen LogP contribution in [0.5, 0.6) is 0 Å². The van der Waals surface area contributed by atoms with E-state index in [0.717, 1.165) is 12.2 Å². The van der Waals surface area contributed by atoms with E-state index in [0.29, 0.717) is 0 Å². The van der Waals surface area contributed by atoms with Gasteiger partial charge in [-0.1, -0.05) is 11.6 Å². The Balaban J connectivity index is 2.99. The molecule has 0 aliphatic heterocycles. The number of nitrogens with zero attached hydrogens (tertiary/aromatic N) is 2. The minimum atomic E-state index is -3.59. The maximum Gasteiger partial charge on any atom is 0.244 e. The number of rotatable bonds is 6. The van der Waals surface area contributed by atoms with Gasteiger partial charge in [-0.05, 0) is 31.4 Å². The summed E-state index contributed by atoms with van der Waals surface area (Å²) in [5, 5.41) is 0.145. The van der Waals surface area contributed by atoms with Crippen LogP contribution < -0.4 is 5.73 Å². The second kappa shape index (κ2) is 6.78. The highest BCUT2D eigenvalue weighted by Crippen LogP contribution is 2.23. The van der Waals surface area contributed by atoms with Crippen molar-refractivity contribution in [2.45, 2.75) is 24.3 Å². The van der Waals surface area contributed by atoms with Gasteiger partial charge in [-0.25, -0.2) is 13.4 Å². The SMILES string of the molecule is CSCCC(C)N(C)S(=O)(=O)c1cnc(N)c(Cl)c1. The van der Waals surface area contributed by atoms with E-state index in [-0.39, 0.29) is 21.8 Å². The van der Waals surface area contributed by atoms with Crippen LogP contribution in [0.15, 0.2) is 17.2 Å². The summed E-state index contributed by atoms with van der Waals surface area (Å²) in [6.45, 7) is 1.88. The number of thioether (sulfide) groups is 1. The molecule has 19 heavy (non-hydrogen) atoms. The molecule has 1 atom stereocenters. The summed E-state index contributed by atoms with van der Waals surface area (Å²) in [5.74, 6) is 1.03. The normalized spacial score (nSPS) is 13.7. The Hall–Kier alpha value is -0.500. The molecule has 1 aromatic heterocycles. The molecule has 0 spiro atoms. The lowest BCUT2D eigenvalue weighted by Gasteiger charge is -2.24. The molecular formula is C11H18ClN3O2S2. The quantitative estimate of drug-likeness (QED) is 0.867. The van der Waals surface area contributed by atoms with Gasteiger partial charge in [0.25, 0.3) is 0 Å². The van der Waals surface area contributed by atoms with Crippen molar-refractivity contribution in [3.8, 4) is 0 Å². The third-order valence-corrected chi connectivity index (χ3v) is 5.77. The van der Waals surface area contributed by atoms with Gasteiger partial charge in [0, 0.05) is 19.3 Å². The van der Waals surface area contributed by atoms with Crippen LogP contribution in [0, 0.1) is 0 Å². The van der Waals surface area contributed by atoms with Gasteiger partial charge in [-0.2, -0.15) is 16.1 Å². The molecule has 1 aromatic rings. The molecule has 0 bridgehead atoms. The molecule has 2 N–H and O–H groups in total. The monoisotopic (exact) mass is 323 g/mol. The predicted octanol–water partition coefficient (Wildman–Crippen LogP) is 2.08. The van der Waals surface area contributed by atoms with E-state index in [1.165, 1.54) is 16.6 Å². The van der Waals surface area contributed by atoms with Crippen LogP contribution in [0.2, 0.25) is 5.02 Å². The molecule has 0 fully saturated rings. The number of halogens is 1. The molecule has 108 valence electrons. The fourth-order valence-electron chi connectivity index (χ4n) is 1.45. The van der Waals surface area contributed by atoms with E-state index in [1.54, 1.807) is 18.8 Å². The molecule has 0 aliphatic carbocycles. The van der Waals surface area contributed by atoms with Gasteiger partial charge in [-0.3, -0.25) is 0 Å². The summed E-state index contributed by atoms with van der Waals surface area (Å²) < 4.78 is 26.1. The molecule has 0 amide bonds. The first kappa shape index (κ1) is 16.6. The van der Waals surface area contributed by atoms with Gasteiger partial charge in [-0.15, -0.1) is 0 Å². The minimum Gasteiger partial charge on any atom is -0.382 e. The average molecular weight is 324 g/mol. The molecular weight excluding hydrogens is 306 g/mol. The highest BCUT2D eigenvalue weighted by molar-refractivity contribution is 7.98. The summed E-state index contributed by atoms with van der Waals surface area (Å²) >= 11 is 7.50. The topological polar surface area (TPSA) is 76.3 Å². The first-order valence-corrected chi connectivity index (χ1v) is 8.90. The summed E-state index contributed by atoms with van der Waals surface area (Å²) in [6.07, 6.45) is 4.01. The zero-order valence-electron chi connectivity index (χ0n) is 11.1. The molecule has 1 heterocycles. The fraction of sp³-hybridized carbons (Fsp3) is 0.545. The summed E-state index contributed by atoms with van der Waals surface area (Å²) in [6, 6.07) is 1.24. The second-order valence-electron chi connectivity index (χ2n) is 4.19. The number of nitrogens with two attached hydrogens (primary N) is 1. The fourth-order valence-corrected chi connectivity index (χ4v) is 3.62. The van der Waals surface area contributed by atoms with Crippen molar-refractivity contribution >= 4 is 39.2 Å². The summed E-state index contributed by atoms with van der Waals surface area (Å²) in [5.41, 5.74) is 5.48. The van der Waals surface area contributed by atoms with E-state index in [4.69, 9.17) is 17.3 Å². The second-order valence-corrected chi connectivity index (χ2v) is 7.58. The van der Waals surface area contributed by atoms with Crippen molar-refractivity contribution in [2.24, 2.45) is 0 Å². The standard InChI is InChI=1S/C11H18ClN3O2S2/c1-8(4-5-18-3)15(2)19(16,17)9-6-10(12)11(13)14-7-9/h6-8H,4-5H2,1-3H3,(H2,13,14). The zero-order chi connectivity index (χ0) is 14.6. The van der Waals surface area contributed by atoms with E-state index in [2.05, 4.69) is 4.98 Å². The van der Waals surface area contributed by atoms with Gasteiger partial charge >= 0.3 is 0 Å².